The standard InChI is InChI=1S/C14H13FN2O4/c15-9-6-4-8(5-7-9)11(18)3-1-2-10-12(19)16-14(21)17-13(10)20/h4-7,10H,1-3H2,(H2,16,17,19,20,21). The van der Waals surface area contributed by atoms with Crippen LogP contribution in [-0.2, 0) is 9.59 Å². The molecule has 1 fully saturated rings. The van der Waals surface area contributed by atoms with Crippen LogP contribution in [-0.4, -0.2) is 23.6 Å². The summed E-state index contributed by atoms with van der Waals surface area (Å²) in [5.41, 5.74) is 0.379. The van der Waals surface area contributed by atoms with Gasteiger partial charge in [-0.15, -0.1) is 0 Å². The Morgan fingerprint density at radius 3 is 2.19 bits per heavy atom. The molecule has 2 N–H and O–H groups in total. The van der Waals surface area contributed by atoms with Gasteiger partial charge in [-0.3, -0.25) is 25.0 Å². The zero-order valence-electron chi connectivity index (χ0n) is 11.0. The van der Waals surface area contributed by atoms with Crippen molar-refractivity contribution in [2.24, 2.45) is 5.92 Å². The van der Waals surface area contributed by atoms with E-state index in [0.29, 0.717) is 12.0 Å². The smallest absolute Gasteiger partial charge is 0.294 e. The minimum Gasteiger partial charge on any atom is -0.294 e. The van der Waals surface area contributed by atoms with Crippen LogP contribution in [0, 0.1) is 11.7 Å². The molecular weight excluding hydrogens is 279 g/mol. The van der Waals surface area contributed by atoms with Crippen molar-refractivity contribution in [2.45, 2.75) is 19.3 Å². The Labute approximate surface area is 119 Å². The Morgan fingerprint density at radius 1 is 1.05 bits per heavy atom. The van der Waals surface area contributed by atoms with Crippen LogP contribution in [0.2, 0.25) is 0 Å². The molecule has 110 valence electrons. The molecule has 1 aliphatic heterocycles. The van der Waals surface area contributed by atoms with E-state index in [1.54, 1.807) is 0 Å². The van der Waals surface area contributed by atoms with Crippen molar-refractivity contribution in [3.63, 3.8) is 0 Å². The second-order valence-corrected chi connectivity index (χ2v) is 4.68. The third-order valence-corrected chi connectivity index (χ3v) is 3.17. The summed E-state index contributed by atoms with van der Waals surface area (Å²) in [6.07, 6.45) is 0.616. The lowest BCUT2D eigenvalue weighted by atomic mass is 9.96. The number of carbonyl (C=O) groups is 4. The van der Waals surface area contributed by atoms with Crippen LogP contribution in [0.4, 0.5) is 9.18 Å². The van der Waals surface area contributed by atoms with Crippen molar-refractivity contribution in [2.75, 3.05) is 0 Å². The number of hydrogen-bond acceptors (Lipinski definition) is 4. The van der Waals surface area contributed by atoms with Crippen molar-refractivity contribution in [3.05, 3.63) is 35.6 Å². The highest BCUT2D eigenvalue weighted by atomic mass is 19.1. The molecule has 7 heteroatoms. The van der Waals surface area contributed by atoms with E-state index < -0.39 is 29.6 Å². The Morgan fingerprint density at radius 2 is 1.62 bits per heavy atom. The summed E-state index contributed by atoms with van der Waals surface area (Å²) >= 11 is 0. The normalized spacial score (nSPS) is 15.6. The largest absolute Gasteiger partial charge is 0.328 e. The summed E-state index contributed by atoms with van der Waals surface area (Å²) < 4.78 is 12.7. The van der Waals surface area contributed by atoms with E-state index in [0.717, 1.165) is 0 Å². The quantitative estimate of drug-likeness (QED) is 0.629. The monoisotopic (exact) mass is 292 g/mol. The molecule has 1 heterocycles. The average molecular weight is 292 g/mol. The minimum atomic E-state index is -0.969. The number of amides is 4. The van der Waals surface area contributed by atoms with E-state index in [9.17, 15) is 23.6 Å². The first-order chi connectivity index (χ1) is 9.97. The van der Waals surface area contributed by atoms with E-state index >= 15 is 0 Å². The van der Waals surface area contributed by atoms with Crippen molar-refractivity contribution < 1.29 is 23.6 Å². The molecule has 4 amide bonds. The molecule has 0 saturated carbocycles. The fourth-order valence-corrected chi connectivity index (χ4v) is 2.06. The molecule has 1 saturated heterocycles. The van der Waals surface area contributed by atoms with Gasteiger partial charge < -0.3 is 0 Å². The van der Waals surface area contributed by atoms with E-state index in [-0.39, 0.29) is 18.6 Å². The van der Waals surface area contributed by atoms with Crippen LogP contribution in [0.1, 0.15) is 29.6 Å². The molecule has 0 aliphatic carbocycles. The summed E-state index contributed by atoms with van der Waals surface area (Å²) in [6.45, 7) is 0. The number of barbiturate groups is 1. The number of Topliss-reactive ketones (excluding diaryl/α,β-unsaturated/α-hetero) is 1. The number of carbonyl (C=O) groups excluding carboxylic acids is 4. The van der Waals surface area contributed by atoms with Crippen molar-refractivity contribution in [1.82, 2.24) is 10.6 Å². The zero-order valence-corrected chi connectivity index (χ0v) is 11.0. The Hall–Kier alpha value is -2.57. The van der Waals surface area contributed by atoms with Gasteiger partial charge in [0.15, 0.2) is 5.78 Å². The molecule has 1 aromatic carbocycles. The van der Waals surface area contributed by atoms with E-state index in [1.807, 2.05) is 10.6 Å². The topological polar surface area (TPSA) is 92.3 Å². The first-order valence-corrected chi connectivity index (χ1v) is 6.42. The van der Waals surface area contributed by atoms with Crippen molar-refractivity contribution in [1.29, 1.82) is 0 Å². The molecule has 0 unspecified atom stereocenters. The van der Waals surface area contributed by atoms with Crippen LogP contribution in [0.3, 0.4) is 0 Å². The highest BCUT2D eigenvalue weighted by molar-refractivity contribution is 6.16. The van der Waals surface area contributed by atoms with E-state index in [2.05, 4.69) is 0 Å². The summed E-state index contributed by atoms with van der Waals surface area (Å²) in [7, 11) is 0. The molecule has 0 aromatic heterocycles. The van der Waals surface area contributed by atoms with Gasteiger partial charge in [-0.1, -0.05) is 0 Å². The molecule has 0 radical (unpaired) electrons. The number of ketones is 1. The SMILES string of the molecule is O=C1NC(=O)C(CCCC(=O)c2ccc(F)cc2)C(=O)N1. The van der Waals surface area contributed by atoms with Crippen LogP contribution >= 0.6 is 0 Å². The molecule has 6 nitrogen and oxygen atoms in total. The summed E-state index contributed by atoms with van der Waals surface area (Å²) in [4.78, 5) is 45.7. The average Bonchev–Trinajstić information content (AvgIpc) is 2.42. The fourth-order valence-electron chi connectivity index (χ4n) is 2.06. The first-order valence-electron chi connectivity index (χ1n) is 6.42. The number of urea groups is 1. The lowest BCUT2D eigenvalue weighted by Gasteiger charge is -2.20. The van der Waals surface area contributed by atoms with Gasteiger partial charge in [0.1, 0.15) is 11.7 Å². The molecule has 1 aromatic rings. The number of nitrogens with one attached hydrogen (secondary N) is 2. The van der Waals surface area contributed by atoms with Crippen LogP contribution in [0.25, 0.3) is 0 Å². The molecule has 0 spiro atoms. The Bertz CT molecular complexity index is 577. The maximum absolute atomic E-state index is 12.7. The Balaban J connectivity index is 1.85. The number of benzene rings is 1. The Kier molecular flexibility index (Phi) is 4.42. The van der Waals surface area contributed by atoms with E-state index in [1.165, 1.54) is 24.3 Å². The predicted molar refractivity (Wildman–Crippen MR) is 69.8 cm³/mol. The first kappa shape index (κ1) is 14.8. The second kappa shape index (κ2) is 6.25. The fraction of sp³-hybridized carbons (Fsp3) is 0.286. The molecular formula is C14H13FN2O4. The number of imide groups is 2. The highest BCUT2D eigenvalue weighted by Gasteiger charge is 2.33. The molecule has 21 heavy (non-hydrogen) atoms. The summed E-state index contributed by atoms with van der Waals surface area (Å²) in [5, 5.41) is 4.00. The number of hydrogen-bond donors (Lipinski definition) is 2. The van der Waals surface area contributed by atoms with Crippen LogP contribution in [0.15, 0.2) is 24.3 Å². The zero-order chi connectivity index (χ0) is 15.4. The summed E-state index contributed by atoms with van der Waals surface area (Å²) in [6, 6.07) is 4.33. The van der Waals surface area contributed by atoms with Gasteiger partial charge in [0.2, 0.25) is 11.8 Å². The maximum Gasteiger partial charge on any atom is 0.328 e. The second-order valence-electron chi connectivity index (χ2n) is 4.68. The van der Waals surface area contributed by atoms with Crippen molar-refractivity contribution in [3.8, 4) is 0 Å². The van der Waals surface area contributed by atoms with Gasteiger partial charge in [0.05, 0.1) is 0 Å². The van der Waals surface area contributed by atoms with Crippen LogP contribution < -0.4 is 10.6 Å². The molecule has 0 bridgehead atoms. The van der Waals surface area contributed by atoms with E-state index in [4.69, 9.17) is 0 Å². The van der Waals surface area contributed by atoms with Gasteiger partial charge in [-0.25, -0.2) is 9.18 Å². The lowest BCUT2D eigenvalue weighted by Crippen LogP contribution is -2.55. The third kappa shape index (κ3) is 3.71. The van der Waals surface area contributed by atoms with Gasteiger partial charge in [-0.2, -0.15) is 0 Å². The molecule has 2 rings (SSSR count). The lowest BCUT2D eigenvalue weighted by molar-refractivity contribution is -0.136. The molecule has 0 atom stereocenters. The third-order valence-electron chi connectivity index (χ3n) is 3.17. The molecule has 1 aliphatic rings. The van der Waals surface area contributed by atoms with Crippen LogP contribution in [0.5, 0.6) is 0 Å². The van der Waals surface area contributed by atoms with Gasteiger partial charge >= 0.3 is 6.03 Å². The maximum atomic E-state index is 12.7. The van der Waals surface area contributed by atoms with Gasteiger partial charge in [-0.05, 0) is 37.1 Å². The predicted octanol–water partition coefficient (Wildman–Crippen LogP) is 1.16. The minimum absolute atomic E-state index is 0.136. The van der Waals surface area contributed by atoms with Gasteiger partial charge in [0, 0.05) is 12.0 Å². The number of halogens is 1. The van der Waals surface area contributed by atoms with Crippen molar-refractivity contribution >= 4 is 23.6 Å². The highest BCUT2D eigenvalue weighted by Crippen LogP contribution is 2.14. The van der Waals surface area contributed by atoms with Gasteiger partial charge in [0.25, 0.3) is 0 Å². The summed E-state index contributed by atoms with van der Waals surface area (Å²) in [5.74, 6) is -2.89. The number of rotatable bonds is 5.